The average Bonchev–Trinajstić information content (AvgIpc) is 2.37. The largest absolute Gasteiger partial charge is 1.00 e. The van der Waals surface area contributed by atoms with Crippen LogP contribution in [0.1, 0.15) is 10.4 Å². The molecule has 0 aliphatic carbocycles. The standard InChI is InChI=1S/C9H6BF4NO4.2K/c1-19-8-3(9(16)15-2-10(17)18)4(11)5(12)6(13)7(8)14;;/h2H2,1H3,(H,15,16);;/q-2;2*+1. The Hall–Kier alpha value is 1.47. The molecule has 1 aromatic rings. The molecular formula is C9H6BF4K2NO4. The van der Waals surface area contributed by atoms with Gasteiger partial charge in [0.15, 0.2) is 17.4 Å². The molecule has 0 spiro atoms. The van der Waals surface area contributed by atoms with E-state index in [0.717, 1.165) is 7.11 Å². The van der Waals surface area contributed by atoms with E-state index < -0.39 is 54.1 Å². The monoisotopic (exact) mass is 357 g/mol. The first-order chi connectivity index (χ1) is 8.81. The quantitative estimate of drug-likeness (QED) is 0.251. The fourth-order valence-electron chi connectivity index (χ4n) is 1.27. The van der Waals surface area contributed by atoms with Crippen molar-refractivity contribution < 1.29 is 140 Å². The van der Waals surface area contributed by atoms with E-state index in [9.17, 15) is 32.4 Å². The van der Waals surface area contributed by atoms with E-state index in [1.807, 2.05) is 0 Å². The summed E-state index contributed by atoms with van der Waals surface area (Å²) in [6.45, 7) is 0. The molecule has 1 rings (SSSR count). The Labute approximate surface area is 202 Å². The predicted molar refractivity (Wildman–Crippen MR) is 50.9 cm³/mol. The second-order valence-electron chi connectivity index (χ2n) is 3.30. The van der Waals surface area contributed by atoms with Crippen LogP contribution < -0.4 is 123 Å². The molecule has 0 unspecified atom stereocenters. The van der Waals surface area contributed by atoms with Gasteiger partial charge in [0.25, 0.3) is 5.91 Å². The van der Waals surface area contributed by atoms with Gasteiger partial charge in [-0.1, -0.05) is 7.12 Å². The molecule has 0 aliphatic heterocycles. The summed E-state index contributed by atoms with van der Waals surface area (Å²) in [7, 11) is -1.65. The molecule has 5 nitrogen and oxygen atoms in total. The summed E-state index contributed by atoms with van der Waals surface area (Å²) in [4.78, 5) is 11.4. The Morgan fingerprint density at radius 2 is 1.57 bits per heavy atom. The van der Waals surface area contributed by atoms with Gasteiger partial charge in [-0.3, -0.25) is 4.79 Å². The topological polar surface area (TPSA) is 84.5 Å². The Balaban J connectivity index is 0. The number of hydrogen-bond donors (Lipinski definition) is 1. The number of ether oxygens (including phenoxy) is 1. The Kier molecular flexibility index (Phi) is 13.1. The van der Waals surface area contributed by atoms with Crippen LogP contribution in [0.3, 0.4) is 0 Å². The first kappa shape index (κ1) is 24.7. The first-order valence-electron chi connectivity index (χ1n) is 4.81. The van der Waals surface area contributed by atoms with Crippen molar-refractivity contribution in [3.05, 3.63) is 28.8 Å². The molecule has 1 aromatic carbocycles. The molecule has 1 amide bonds. The molecule has 0 bridgehead atoms. The van der Waals surface area contributed by atoms with Crippen molar-refractivity contribution in [2.45, 2.75) is 0 Å². The maximum absolute atomic E-state index is 13.4. The van der Waals surface area contributed by atoms with Gasteiger partial charge in [0.05, 0.1) is 7.11 Å². The third-order valence-corrected chi connectivity index (χ3v) is 2.08. The van der Waals surface area contributed by atoms with Gasteiger partial charge in [-0.25, -0.2) is 13.2 Å². The average molecular weight is 357 g/mol. The number of carbonyl (C=O) groups is 1. The molecular weight excluding hydrogens is 351 g/mol. The summed E-state index contributed by atoms with van der Waals surface area (Å²) in [5.41, 5.74) is -1.26. The molecule has 0 aromatic heterocycles. The summed E-state index contributed by atoms with van der Waals surface area (Å²) in [5.74, 6) is -10.9. The van der Waals surface area contributed by atoms with Gasteiger partial charge >= 0.3 is 103 Å². The summed E-state index contributed by atoms with van der Waals surface area (Å²) in [6, 6.07) is 0. The normalized spacial score (nSPS) is 9.29. The third kappa shape index (κ3) is 6.12. The number of carbonyl (C=O) groups excluding carboxylic acids is 1. The number of methoxy groups -OCH3 is 1. The SMILES string of the molecule is COc1c(F)c(F)c(F)c(F)c1C(=O)NCB([O-])[O-].[K+].[K+]. The molecule has 0 saturated heterocycles. The van der Waals surface area contributed by atoms with Crippen molar-refractivity contribution in [1.29, 1.82) is 0 Å². The molecule has 0 aliphatic rings. The van der Waals surface area contributed by atoms with Gasteiger partial charge in [0, 0.05) is 0 Å². The van der Waals surface area contributed by atoms with Crippen molar-refractivity contribution in [2.24, 2.45) is 0 Å². The van der Waals surface area contributed by atoms with Gasteiger partial charge in [-0.05, 0) is 6.44 Å². The van der Waals surface area contributed by atoms with Crippen LogP contribution in [0.25, 0.3) is 0 Å². The van der Waals surface area contributed by atoms with Crippen LogP contribution in [0.2, 0.25) is 0 Å². The minimum atomic E-state index is -2.45. The number of benzene rings is 1. The van der Waals surface area contributed by atoms with Crippen molar-refractivity contribution in [3.8, 4) is 5.75 Å². The zero-order valence-corrected chi connectivity index (χ0v) is 17.7. The van der Waals surface area contributed by atoms with E-state index in [4.69, 9.17) is 0 Å². The fourth-order valence-corrected chi connectivity index (χ4v) is 1.27. The van der Waals surface area contributed by atoms with Gasteiger partial charge in [0.1, 0.15) is 5.56 Å². The van der Waals surface area contributed by atoms with Crippen molar-refractivity contribution in [1.82, 2.24) is 5.32 Å². The minimum Gasteiger partial charge on any atom is -0.892 e. The zero-order valence-electron chi connectivity index (χ0n) is 11.4. The maximum Gasteiger partial charge on any atom is 1.00 e. The molecule has 0 atom stereocenters. The summed E-state index contributed by atoms with van der Waals surface area (Å²) in [6.07, 6.45) is -0.942. The van der Waals surface area contributed by atoms with Crippen molar-refractivity contribution in [2.75, 3.05) is 13.6 Å². The van der Waals surface area contributed by atoms with E-state index in [1.165, 1.54) is 0 Å². The third-order valence-electron chi connectivity index (χ3n) is 2.08. The van der Waals surface area contributed by atoms with Crippen LogP contribution in [0, 0.1) is 23.3 Å². The summed E-state index contributed by atoms with van der Waals surface area (Å²) in [5, 5.41) is 22.0. The Morgan fingerprint density at radius 3 is 2.00 bits per heavy atom. The minimum absolute atomic E-state index is 0. The molecule has 1 N–H and O–H groups in total. The van der Waals surface area contributed by atoms with Crippen LogP contribution in [0.15, 0.2) is 0 Å². The number of nitrogens with one attached hydrogen (secondary N) is 1. The second-order valence-corrected chi connectivity index (χ2v) is 3.30. The molecule has 0 saturated carbocycles. The van der Waals surface area contributed by atoms with Crippen LogP contribution in [0.5, 0.6) is 5.75 Å². The Bertz CT molecular complexity index is 521. The molecule has 0 fully saturated rings. The van der Waals surface area contributed by atoms with Crippen LogP contribution in [0.4, 0.5) is 17.6 Å². The molecule has 0 radical (unpaired) electrons. The molecule has 21 heavy (non-hydrogen) atoms. The number of amides is 1. The number of hydrogen-bond acceptors (Lipinski definition) is 4. The van der Waals surface area contributed by atoms with Crippen molar-refractivity contribution in [3.63, 3.8) is 0 Å². The van der Waals surface area contributed by atoms with Gasteiger partial charge in [-0.2, -0.15) is 4.39 Å². The fraction of sp³-hybridized carbons (Fsp3) is 0.222. The summed E-state index contributed by atoms with van der Waals surface area (Å²) >= 11 is 0. The molecule has 12 heteroatoms. The van der Waals surface area contributed by atoms with Gasteiger partial charge in [-0.15, -0.1) is 0 Å². The second kappa shape index (κ2) is 11.1. The maximum atomic E-state index is 13.4. The van der Waals surface area contributed by atoms with E-state index >= 15 is 0 Å². The van der Waals surface area contributed by atoms with E-state index in [0.29, 0.717) is 0 Å². The van der Waals surface area contributed by atoms with Crippen LogP contribution in [-0.2, 0) is 0 Å². The number of rotatable bonds is 4. The van der Waals surface area contributed by atoms with Crippen molar-refractivity contribution >= 4 is 13.0 Å². The zero-order chi connectivity index (χ0) is 14.7. The van der Waals surface area contributed by atoms with Gasteiger partial charge in [0.2, 0.25) is 11.6 Å². The Morgan fingerprint density at radius 1 is 1.10 bits per heavy atom. The molecule has 0 heterocycles. The molecule has 104 valence electrons. The van der Waals surface area contributed by atoms with Gasteiger partial charge < -0.3 is 20.1 Å². The smallest absolute Gasteiger partial charge is 0.892 e. The number of halogens is 4. The van der Waals surface area contributed by atoms with E-state index in [1.54, 1.807) is 5.32 Å². The van der Waals surface area contributed by atoms with Crippen LogP contribution >= 0.6 is 0 Å². The van der Waals surface area contributed by atoms with Crippen LogP contribution in [-0.4, -0.2) is 26.6 Å². The van der Waals surface area contributed by atoms with E-state index in [-0.39, 0.29) is 103 Å². The first-order valence-corrected chi connectivity index (χ1v) is 4.81. The predicted octanol–water partition coefficient (Wildman–Crippen LogP) is -7.26. The summed E-state index contributed by atoms with van der Waals surface area (Å²) < 4.78 is 56.8. The van der Waals surface area contributed by atoms with E-state index in [2.05, 4.69) is 4.74 Å².